The second kappa shape index (κ2) is 6.46. The lowest BCUT2D eigenvalue weighted by molar-refractivity contribution is 1.46. The number of fused-ring (bicyclic) bond motifs is 7. The molecule has 0 aliphatic rings. The van der Waals surface area contributed by atoms with Crippen molar-refractivity contribution in [1.82, 2.24) is 0 Å². The van der Waals surface area contributed by atoms with Gasteiger partial charge in [0.05, 0.1) is 4.88 Å². The molecule has 0 fully saturated rings. The molecule has 0 atom stereocenters. The van der Waals surface area contributed by atoms with E-state index >= 15 is 0 Å². The van der Waals surface area contributed by atoms with Gasteiger partial charge in [0, 0.05) is 25.7 Å². The summed E-state index contributed by atoms with van der Waals surface area (Å²) in [6, 6.07) is 26.4. The summed E-state index contributed by atoms with van der Waals surface area (Å²) in [7, 11) is 0. The van der Waals surface area contributed by atoms with Crippen LogP contribution in [-0.4, -0.2) is 0 Å². The van der Waals surface area contributed by atoms with Crippen molar-refractivity contribution in [3.05, 3.63) is 94.2 Å². The summed E-state index contributed by atoms with van der Waals surface area (Å²) in [6.07, 6.45) is 0. The molecule has 2 aromatic heterocycles. The highest BCUT2D eigenvalue weighted by atomic mass is 32.1. The Morgan fingerprint density at radius 1 is 0.621 bits per heavy atom. The summed E-state index contributed by atoms with van der Waals surface area (Å²) in [4.78, 5) is 1.11. The first-order chi connectivity index (χ1) is 14.3. The first-order valence-electron chi connectivity index (χ1n) is 9.60. The molecule has 0 nitrogen and oxygen atoms in total. The lowest BCUT2D eigenvalue weighted by Crippen LogP contribution is -1.78. The van der Waals surface area contributed by atoms with Crippen LogP contribution in [0.1, 0.15) is 16.0 Å². The molecule has 4 aromatic carbocycles. The third-order valence-corrected chi connectivity index (χ3v) is 7.54. The standard InChI is InChI=1S/C27H16S2/c1-17-2-4-18(5-3-17)6-9-21-16-20-8-11-23-22-10-7-19-14-15-28-26(19)24(22)12-13-25(23)27(20)29-21/h2-5,7-8,10-16H,1H3. The van der Waals surface area contributed by atoms with E-state index in [1.165, 1.54) is 47.3 Å². The molecule has 136 valence electrons. The van der Waals surface area contributed by atoms with Crippen LogP contribution >= 0.6 is 22.7 Å². The Balaban J connectivity index is 1.54. The van der Waals surface area contributed by atoms with E-state index in [1.54, 1.807) is 11.3 Å². The number of hydrogen-bond donors (Lipinski definition) is 0. The molecule has 6 rings (SSSR count). The van der Waals surface area contributed by atoms with Crippen LogP contribution in [0.3, 0.4) is 0 Å². The van der Waals surface area contributed by atoms with Crippen LogP contribution in [0.2, 0.25) is 0 Å². The van der Waals surface area contributed by atoms with Gasteiger partial charge in [-0.2, -0.15) is 0 Å². The number of aryl methyl sites for hydroxylation is 1. The van der Waals surface area contributed by atoms with Gasteiger partial charge in [0.2, 0.25) is 0 Å². The average Bonchev–Trinajstić information content (AvgIpc) is 3.39. The molecule has 6 aromatic rings. The van der Waals surface area contributed by atoms with Crippen LogP contribution in [0.5, 0.6) is 0 Å². The Morgan fingerprint density at radius 2 is 1.31 bits per heavy atom. The van der Waals surface area contributed by atoms with Gasteiger partial charge in [-0.25, -0.2) is 0 Å². The zero-order valence-electron chi connectivity index (χ0n) is 15.8. The van der Waals surface area contributed by atoms with E-state index in [2.05, 4.69) is 96.9 Å². The van der Waals surface area contributed by atoms with Crippen LogP contribution in [0.25, 0.3) is 41.7 Å². The largest absolute Gasteiger partial charge is 0.143 e. The van der Waals surface area contributed by atoms with E-state index in [4.69, 9.17) is 0 Å². The van der Waals surface area contributed by atoms with Crippen LogP contribution in [0.4, 0.5) is 0 Å². The maximum Gasteiger partial charge on any atom is 0.0785 e. The van der Waals surface area contributed by atoms with Gasteiger partial charge in [0.25, 0.3) is 0 Å². The zero-order valence-corrected chi connectivity index (χ0v) is 17.5. The van der Waals surface area contributed by atoms with E-state index in [1.807, 2.05) is 11.3 Å². The van der Waals surface area contributed by atoms with Crippen molar-refractivity contribution < 1.29 is 0 Å². The lowest BCUT2D eigenvalue weighted by atomic mass is 10.00. The summed E-state index contributed by atoms with van der Waals surface area (Å²) in [6.45, 7) is 2.10. The summed E-state index contributed by atoms with van der Waals surface area (Å²) < 4.78 is 2.70. The molecular weight excluding hydrogens is 388 g/mol. The molecule has 0 amide bonds. The molecule has 0 saturated heterocycles. The third kappa shape index (κ3) is 2.75. The maximum atomic E-state index is 3.36. The zero-order chi connectivity index (χ0) is 19.4. The molecule has 0 radical (unpaired) electrons. The van der Waals surface area contributed by atoms with Gasteiger partial charge in [-0.05, 0) is 58.1 Å². The van der Waals surface area contributed by atoms with E-state index in [0.29, 0.717) is 0 Å². The molecule has 0 bridgehead atoms. The quantitative estimate of drug-likeness (QED) is 0.177. The van der Waals surface area contributed by atoms with Crippen molar-refractivity contribution in [2.75, 3.05) is 0 Å². The minimum atomic E-state index is 1.06. The molecule has 0 saturated carbocycles. The van der Waals surface area contributed by atoms with Gasteiger partial charge in [-0.1, -0.05) is 65.9 Å². The van der Waals surface area contributed by atoms with Crippen LogP contribution < -0.4 is 0 Å². The Morgan fingerprint density at radius 3 is 2.10 bits per heavy atom. The average molecular weight is 405 g/mol. The summed E-state index contributed by atoms with van der Waals surface area (Å²) in [5, 5.41) is 10.1. The molecule has 0 aliphatic carbocycles. The molecule has 2 heterocycles. The summed E-state index contributed by atoms with van der Waals surface area (Å²) >= 11 is 3.61. The fraction of sp³-hybridized carbons (Fsp3) is 0.0370. The first kappa shape index (κ1) is 16.8. The van der Waals surface area contributed by atoms with E-state index in [-0.39, 0.29) is 0 Å². The molecular formula is C27H16S2. The third-order valence-electron chi connectivity index (χ3n) is 5.47. The van der Waals surface area contributed by atoms with E-state index in [0.717, 1.165) is 10.4 Å². The summed E-state index contributed by atoms with van der Waals surface area (Å²) in [5.41, 5.74) is 2.32. The Kier molecular flexibility index (Phi) is 3.74. The smallest absolute Gasteiger partial charge is 0.0785 e. The predicted molar refractivity (Wildman–Crippen MR) is 129 cm³/mol. The van der Waals surface area contributed by atoms with Crippen molar-refractivity contribution in [3.8, 4) is 11.8 Å². The highest BCUT2D eigenvalue weighted by Crippen LogP contribution is 2.38. The number of benzene rings is 4. The van der Waals surface area contributed by atoms with Crippen LogP contribution in [-0.2, 0) is 0 Å². The Labute approximate surface area is 177 Å². The van der Waals surface area contributed by atoms with Gasteiger partial charge < -0.3 is 0 Å². The molecule has 2 heteroatoms. The minimum Gasteiger partial charge on any atom is -0.143 e. The monoisotopic (exact) mass is 404 g/mol. The molecule has 0 aliphatic heterocycles. The van der Waals surface area contributed by atoms with E-state index in [9.17, 15) is 0 Å². The topological polar surface area (TPSA) is 0 Å². The molecule has 0 spiro atoms. The van der Waals surface area contributed by atoms with Gasteiger partial charge in [-0.15, -0.1) is 22.7 Å². The maximum absolute atomic E-state index is 3.36. The van der Waals surface area contributed by atoms with Gasteiger partial charge in [-0.3, -0.25) is 0 Å². The molecule has 0 N–H and O–H groups in total. The minimum absolute atomic E-state index is 1.06. The highest BCUT2D eigenvalue weighted by Gasteiger charge is 2.10. The number of rotatable bonds is 0. The molecule has 0 unspecified atom stereocenters. The normalized spacial score (nSPS) is 11.3. The van der Waals surface area contributed by atoms with E-state index < -0.39 is 0 Å². The summed E-state index contributed by atoms with van der Waals surface area (Å²) in [5.74, 6) is 6.67. The van der Waals surface area contributed by atoms with Crippen LogP contribution in [0.15, 0.2) is 78.2 Å². The van der Waals surface area contributed by atoms with Crippen molar-refractivity contribution in [1.29, 1.82) is 0 Å². The number of hydrogen-bond acceptors (Lipinski definition) is 2. The van der Waals surface area contributed by atoms with Crippen molar-refractivity contribution in [3.63, 3.8) is 0 Å². The second-order valence-electron chi connectivity index (χ2n) is 7.37. The first-order valence-corrected chi connectivity index (χ1v) is 11.3. The highest BCUT2D eigenvalue weighted by molar-refractivity contribution is 7.20. The van der Waals surface area contributed by atoms with Crippen molar-refractivity contribution in [2.24, 2.45) is 0 Å². The predicted octanol–water partition coefficient (Wildman–Crippen LogP) is 8.13. The van der Waals surface area contributed by atoms with Crippen molar-refractivity contribution >= 4 is 64.4 Å². The lowest BCUT2D eigenvalue weighted by Gasteiger charge is -2.06. The van der Waals surface area contributed by atoms with Crippen molar-refractivity contribution in [2.45, 2.75) is 6.92 Å². The van der Waals surface area contributed by atoms with Gasteiger partial charge in [0.15, 0.2) is 0 Å². The SMILES string of the molecule is Cc1ccc(C#Cc2cc3ccc4c5ccc6ccsc6c5ccc4c3s2)cc1. The molecule has 29 heavy (non-hydrogen) atoms. The second-order valence-corrected chi connectivity index (χ2v) is 9.34. The number of thiophene rings is 2. The fourth-order valence-electron chi connectivity index (χ4n) is 3.98. The Hall–Kier alpha value is -3.12. The fourth-order valence-corrected chi connectivity index (χ4v) is 5.95. The van der Waals surface area contributed by atoms with Crippen LogP contribution in [0, 0.1) is 18.8 Å². The van der Waals surface area contributed by atoms with Gasteiger partial charge in [0.1, 0.15) is 0 Å². The Bertz CT molecular complexity index is 1600. The van der Waals surface area contributed by atoms with Gasteiger partial charge >= 0.3 is 0 Å².